The maximum Gasteiger partial charge on any atom is 0.0797 e. The molecule has 0 radical (unpaired) electrons. The molecule has 5 nitrogen and oxygen atoms in total. The Bertz CT molecular complexity index is 5830. The third kappa shape index (κ3) is 9.35. The van der Waals surface area contributed by atoms with Crippen molar-refractivity contribution in [3.8, 4) is 56.0 Å². The molecule has 0 atom stereocenters. The molecule has 0 bridgehead atoms. The second kappa shape index (κ2) is 23.0. The predicted molar refractivity (Wildman–Crippen MR) is 401 cm³/mol. The van der Waals surface area contributed by atoms with Crippen LogP contribution in [-0.2, 0) is 0 Å². The van der Waals surface area contributed by atoms with Crippen LogP contribution in [0.1, 0.15) is 5.56 Å². The summed E-state index contributed by atoms with van der Waals surface area (Å²) < 4.78 is 4.76. The second-order valence-electron chi connectivity index (χ2n) is 24.6. The Labute approximate surface area is 551 Å². The number of hydrogen-bond acceptors (Lipinski definition) is 3. The third-order valence-electron chi connectivity index (χ3n) is 19.3. The molecule has 0 spiro atoms. The quantitative estimate of drug-likeness (QED) is 0.122. The summed E-state index contributed by atoms with van der Waals surface area (Å²) in [5, 5.41) is 10.9. The predicted octanol–water partition coefficient (Wildman–Crippen LogP) is 24.7. The van der Waals surface area contributed by atoms with Crippen LogP contribution in [0.2, 0.25) is 0 Å². The number of benzene rings is 15. The number of fused-ring (bicyclic) bond motifs is 9. The van der Waals surface area contributed by atoms with E-state index in [1.54, 1.807) is 0 Å². The van der Waals surface area contributed by atoms with Crippen LogP contribution < -0.4 is 9.80 Å². The molecule has 0 aliphatic heterocycles. The van der Waals surface area contributed by atoms with Gasteiger partial charge in [0, 0.05) is 89.1 Å². The van der Waals surface area contributed by atoms with E-state index in [1.807, 2.05) is 0 Å². The van der Waals surface area contributed by atoms with Crippen LogP contribution in [0.5, 0.6) is 0 Å². The summed E-state index contributed by atoms with van der Waals surface area (Å²) in [4.78, 5) is 10.8. The summed E-state index contributed by atoms with van der Waals surface area (Å²) >= 11 is 0. The molecule has 95 heavy (non-hydrogen) atoms. The molecule has 0 N–H and O–H groups in total. The zero-order valence-electron chi connectivity index (χ0n) is 52.2. The Kier molecular flexibility index (Phi) is 13.4. The number of para-hydroxylation sites is 6. The minimum absolute atomic E-state index is 0.910. The molecule has 0 aliphatic rings. The van der Waals surface area contributed by atoms with Crippen LogP contribution in [0.3, 0.4) is 0 Å². The first-order valence-electron chi connectivity index (χ1n) is 32.6. The van der Waals surface area contributed by atoms with Crippen molar-refractivity contribution in [2.75, 3.05) is 9.80 Å². The monoisotopic (exact) mass is 1210 g/mol. The maximum atomic E-state index is 6.09. The van der Waals surface area contributed by atoms with E-state index in [9.17, 15) is 0 Å². The second-order valence-corrected chi connectivity index (χ2v) is 24.6. The normalized spacial score (nSPS) is 11.6. The van der Waals surface area contributed by atoms with Crippen LogP contribution in [0.25, 0.3) is 132 Å². The highest BCUT2D eigenvalue weighted by Gasteiger charge is 2.25. The van der Waals surface area contributed by atoms with Crippen molar-refractivity contribution in [1.29, 1.82) is 0 Å². The topological polar surface area (TPSA) is 29.2 Å². The zero-order valence-corrected chi connectivity index (χ0v) is 52.2. The lowest BCUT2D eigenvalue weighted by atomic mass is 9.85. The maximum absolute atomic E-state index is 6.09. The minimum atomic E-state index is 0.910. The van der Waals surface area contributed by atoms with Gasteiger partial charge < -0.3 is 18.9 Å². The molecule has 0 unspecified atom stereocenters. The summed E-state index contributed by atoms with van der Waals surface area (Å²) in [6.45, 7) is 2.32. The number of anilines is 6. The number of hydrogen-bond donors (Lipinski definition) is 0. The minimum Gasteiger partial charge on any atom is -0.311 e. The van der Waals surface area contributed by atoms with E-state index in [2.05, 4.69) is 378 Å². The van der Waals surface area contributed by atoms with Gasteiger partial charge >= 0.3 is 0 Å². The van der Waals surface area contributed by atoms with Gasteiger partial charge in [-0.05, 0) is 178 Å². The summed E-state index contributed by atoms with van der Waals surface area (Å²) in [7, 11) is 0. The fraction of sp³-hybridized carbons (Fsp3) is 0.0111. The van der Waals surface area contributed by atoms with E-state index in [0.717, 1.165) is 101 Å². The first-order chi connectivity index (χ1) is 47.1. The van der Waals surface area contributed by atoms with Gasteiger partial charge in [0.15, 0.2) is 0 Å². The number of pyridine rings is 1. The molecule has 3 heterocycles. The van der Waals surface area contributed by atoms with Gasteiger partial charge in [0.05, 0.1) is 33.3 Å². The number of aromatic nitrogens is 3. The van der Waals surface area contributed by atoms with Gasteiger partial charge in [-0.25, -0.2) is 4.98 Å². The lowest BCUT2D eigenvalue weighted by Gasteiger charge is -2.27. The molecule has 18 rings (SSSR count). The van der Waals surface area contributed by atoms with Gasteiger partial charge in [0.25, 0.3) is 0 Å². The van der Waals surface area contributed by atoms with E-state index >= 15 is 0 Å². The van der Waals surface area contributed by atoms with E-state index in [4.69, 9.17) is 4.98 Å². The lowest BCUT2D eigenvalue weighted by Crippen LogP contribution is -2.10. The Morgan fingerprint density at radius 2 is 0.579 bits per heavy atom. The summed E-state index contributed by atoms with van der Waals surface area (Å²) in [6.07, 6.45) is 0. The van der Waals surface area contributed by atoms with E-state index in [1.165, 1.54) is 70.7 Å². The largest absolute Gasteiger partial charge is 0.311 e. The molecule has 18 aromatic rings. The highest BCUT2D eigenvalue weighted by atomic mass is 15.1. The van der Waals surface area contributed by atoms with Gasteiger partial charge in [0.2, 0.25) is 0 Å². The van der Waals surface area contributed by atoms with Crippen molar-refractivity contribution < 1.29 is 0 Å². The summed E-state index contributed by atoms with van der Waals surface area (Å²) in [5.74, 6) is 0. The van der Waals surface area contributed by atoms with Crippen molar-refractivity contribution in [1.82, 2.24) is 14.1 Å². The molecular weight excluding hydrogens is 1150 g/mol. The van der Waals surface area contributed by atoms with Crippen molar-refractivity contribution in [2.24, 2.45) is 0 Å². The Hall–Kier alpha value is -12.6. The Morgan fingerprint density at radius 3 is 1.01 bits per heavy atom. The first kappa shape index (κ1) is 55.3. The fourth-order valence-electron chi connectivity index (χ4n) is 15.0. The van der Waals surface area contributed by atoms with Gasteiger partial charge in [0.1, 0.15) is 0 Å². The molecule has 0 amide bonds. The van der Waals surface area contributed by atoms with Crippen molar-refractivity contribution in [3.05, 3.63) is 357 Å². The average molecular weight is 1210 g/mol. The molecule has 0 fully saturated rings. The molecule has 0 saturated heterocycles. The lowest BCUT2D eigenvalue weighted by molar-refractivity contribution is 1.17. The van der Waals surface area contributed by atoms with Gasteiger partial charge in [-0.2, -0.15) is 0 Å². The van der Waals surface area contributed by atoms with E-state index < -0.39 is 0 Å². The van der Waals surface area contributed by atoms with E-state index in [0.29, 0.717) is 0 Å². The molecule has 3 aromatic heterocycles. The van der Waals surface area contributed by atoms with Crippen LogP contribution in [-0.4, -0.2) is 14.1 Å². The standard InChI is InChI=1S/C90H61N5/c1-60-87(63-42-46-67(47-43-63)92(65-26-4-2-5-27-65)69-50-54-71(55-51-69)94-83-38-16-12-32-77(83)78-33-13-17-39-84(78)94)89(91-90-82(76-37-21-25-62-23-9-11-31-74(62)76)59-58-81(88(60)90)75-36-20-24-61-22-8-10-30-73(61)75)64-44-48-68(49-45-64)93(66-28-6-3-7-29-66)70-52-56-72(57-53-70)95-85-40-18-14-34-79(85)80-35-15-19-41-86(80)95/h2-59H,1H3. The van der Waals surface area contributed by atoms with Gasteiger partial charge in [-0.3, -0.25) is 0 Å². The van der Waals surface area contributed by atoms with Crippen molar-refractivity contribution >= 4 is 110 Å². The molecule has 15 aromatic carbocycles. The van der Waals surface area contributed by atoms with Gasteiger partial charge in [-0.1, -0.05) is 231 Å². The molecule has 446 valence electrons. The highest BCUT2D eigenvalue weighted by molar-refractivity contribution is 6.15. The highest BCUT2D eigenvalue weighted by Crippen LogP contribution is 2.48. The fourth-order valence-corrected chi connectivity index (χ4v) is 15.0. The van der Waals surface area contributed by atoms with E-state index in [-0.39, 0.29) is 0 Å². The molecule has 0 aliphatic carbocycles. The zero-order chi connectivity index (χ0) is 62.9. The van der Waals surface area contributed by atoms with Crippen molar-refractivity contribution in [2.45, 2.75) is 6.92 Å². The molecule has 0 saturated carbocycles. The Morgan fingerprint density at radius 1 is 0.253 bits per heavy atom. The number of rotatable bonds is 12. The average Bonchev–Trinajstić information content (AvgIpc) is 1.41. The number of aryl methyl sites for hydroxylation is 1. The smallest absolute Gasteiger partial charge is 0.0797 e. The van der Waals surface area contributed by atoms with Crippen LogP contribution in [0.15, 0.2) is 352 Å². The first-order valence-corrected chi connectivity index (χ1v) is 32.6. The molecule has 5 heteroatoms. The summed E-state index contributed by atoms with van der Waals surface area (Å²) in [6, 6.07) is 128. The van der Waals surface area contributed by atoms with Crippen LogP contribution in [0.4, 0.5) is 34.1 Å². The van der Waals surface area contributed by atoms with Crippen LogP contribution >= 0.6 is 0 Å². The number of nitrogens with zero attached hydrogens (tertiary/aromatic N) is 5. The van der Waals surface area contributed by atoms with Crippen molar-refractivity contribution in [3.63, 3.8) is 0 Å². The SMILES string of the molecule is Cc1c(-c2ccc(N(c3ccccc3)c3ccc(-n4c5ccccc5c5ccccc54)cc3)cc2)c(-c2ccc(N(c3ccccc3)c3ccc(-n4c5ccccc5c5ccccc54)cc3)cc2)nc2c(-c3cccc4ccccc34)ccc(-c3cccc4ccccc34)c12. The van der Waals surface area contributed by atoms with Crippen LogP contribution in [0, 0.1) is 6.92 Å². The molecular formula is C90H61N5. The Balaban J connectivity index is 0.811. The summed E-state index contributed by atoms with van der Waals surface area (Å²) in [5.41, 5.74) is 24.0. The van der Waals surface area contributed by atoms with Gasteiger partial charge in [-0.15, -0.1) is 0 Å². The third-order valence-corrected chi connectivity index (χ3v) is 19.3.